The molecule has 0 aliphatic heterocycles. The molecule has 0 unspecified atom stereocenters. The summed E-state index contributed by atoms with van der Waals surface area (Å²) in [6.07, 6.45) is 0. The number of halogens is 2. The molecule has 21 heavy (non-hydrogen) atoms. The highest BCUT2D eigenvalue weighted by Gasteiger charge is 2.11. The first kappa shape index (κ1) is 17.5. The number of ether oxygens (including phenoxy) is 1. The maximum Gasteiger partial charge on any atom is 0.125 e. The summed E-state index contributed by atoms with van der Waals surface area (Å²) in [4.78, 5) is 0. The van der Waals surface area contributed by atoms with Crippen LogP contribution in [0.5, 0.6) is 5.75 Å². The molecule has 0 aliphatic rings. The van der Waals surface area contributed by atoms with Crippen molar-refractivity contribution in [2.24, 2.45) is 5.73 Å². The number of aryl methyl sites for hydroxylation is 2. The molecular weight excluding hydrogens is 289 g/mol. The summed E-state index contributed by atoms with van der Waals surface area (Å²) in [5.41, 5.74) is 9.64. The summed E-state index contributed by atoms with van der Waals surface area (Å²) >= 11 is 0. The Morgan fingerprint density at radius 3 is 2.19 bits per heavy atom. The molecule has 2 nitrogen and oxygen atoms in total. The van der Waals surface area contributed by atoms with Crippen LogP contribution in [0.3, 0.4) is 0 Å². The third kappa shape index (κ3) is 4.45. The zero-order chi connectivity index (χ0) is 14.5. The molecule has 0 fully saturated rings. The van der Waals surface area contributed by atoms with Crippen molar-refractivity contribution < 1.29 is 9.13 Å². The van der Waals surface area contributed by atoms with Crippen molar-refractivity contribution in [2.75, 3.05) is 6.67 Å². The molecule has 0 radical (unpaired) electrons. The normalized spacial score (nSPS) is 11.6. The Labute approximate surface area is 131 Å². The second-order valence-electron chi connectivity index (χ2n) is 5.02. The van der Waals surface area contributed by atoms with Gasteiger partial charge in [-0.3, -0.25) is 0 Å². The van der Waals surface area contributed by atoms with Gasteiger partial charge in [-0.05, 0) is 36.1 Å². The smallest absolute Gasteiger partial charge is 0.125 e. The van der Waals surface area contributed by atoms with E-state index in [4.69, 9.17) is 10.5 Å². The number of hydrogen-bond donors (Lipinski definition) is 1. The quantitative estimate of drug-likeness (QED) is 0.895. The van der Waals surface area contributed by atoms with Crippen LogP contribution in [0, 0.1) is 13.8 Å². The highest BCUT2D eigenvalue weighted by molar-refractivity contribution is 5.85. The molecule has 2 rings (SSSR count). The van der Waals surface area contributed by atoms with Crippen LogP contribution < -0.4 is 10.5 Å². The Morgan fingerprint density at radius 1 is 1.10 bits per heavy atom. The fourth-order valence-electron chi connectivity index (χ4n) is 2.24. The molecule has 2 aromatic rings. The van der Waals surface area contributed by atoms with Crippen LogP contribution in [0.1, 0.15) is 28.3 Å². The second kappa shape index (κ2) is 8.01. The molecule has 0 amide bonds. The van der Waals surface area contributed by atoms with E-state index in [0.717, 1.165) is 28.0 Å². The number of benzene rings is 2. The third-order valence-corrected chi connectivity index (χ3v) is 3.30. The van der Waals surface area contributed by atoms with Crippen molar-refractivity contribution in [1.82, 2.24) is 0 Å². The molecule has 2 N–H and O–H groups in total. The van der Waals surface area contributed by atoms with E-state index in [9.17, 15) is 4.39 Å². The van der Waals surface area contributed by atoms with E-state index in [2.05, 4.69) is 0 Å². The van der Waals surface area contributed by atoms with Gasteiger partial charge in [0.15, 0.2) is 0 Å². The average Bonchev–Trinajstić information content (AvgIpc) is 2.46. The van der Waals surface area contributed by atoms with Gasteiger partial charge < -0.3 is 10.5 Å². The fourth-order valence-corrected chi connectivity index (χ4v) is 2.24. The van der Waals surface area contributed by atoms with Crippen molar-refractivity contribution in [3.8, 4) is 5.75 Å². The van der Waals surface area contributed by atoms with E-state index >= 15 is 0 Å². The van der Waals surface area contributed by atoms with Crippen molar-refractivity contribution in [3.05, 3.63) is 64.7 Å². The lowest BCUT2D eigenvalue weighted by Crippen LogP contribution is -2.13. The van der Waals surface area contributed by atoms with Gasteiger partial charge in [-0.1, -0.05) is 42.5 Å². The number of alkyl halides is 1. The van der Waals surface area contributed by atoms with Crippen molar-refractivity contribution >= 4 is 12.4 Å². The maximum atomic E-state index is 12.6. The fraction of sp³-hybridized carbons (Fsp3) is 0.294. The number of rotatable bonds is 5. The number of nitrogens with two attached hydrogens (primary N) is 1. The summed E-state index contributed by atoms with van der Waals surface area (Å²) in [6, 6.07) is 13.2. The Kier molecular flexibility index (Phi) is 6.66. The maximum absolute atomic E-state index is 12.6. The molecule has 0 aliphatic carbocycles. The molecule has 4 heteroatoms. The van der Waals surface area contributed by atoms with E-state index in [-0.39, 0.29) is 12.4 Å². The summed E-state index contributed by atoms with van der Waals surface area (Å²) in [6.45, 7) is 3.89. The van der Waals surface area contributed by atoms with Crippen LogP contribution in [0.2, 0.25) is 0 Å². The minimum Gasteiger partial charge on any atom is -0.488 e. The van der Waals surface area contributed by atoms with Gasteiger partial charge in [-0.25, -0.2) is 4.39 Å². The Balaban J connectivity index is 0.00000220. The van der Waals surface area contributed by atoms with E-state index in [1.54, 1.807) is 0 Å². The van der Waals surface area contributed by atoms with Crippen molar-refractivity contribution in [3.63, 3.8) is 0 Å². The van der Waals surface area contributed by atoms with Crippen molar-refractivity contribution in [2.45, 2.75) is 26.5 Å². The van der Waals surface area contributed by atoms with E-state index in [1.807, 2.05) is 56.3 Å². The summed E-state index contributed by atoms with van der Waals surface area (Å²) in [7, 11) is 0. The molecule has 114 valence electrons. The van der Waals surface area contributed by atoms with Gasteiger partial charge in [0.1, 0.15) is 19.0 Å². The molecule has 0 bridgehead atoms. The largest absolute Gasteiger partial charge is 0.488 e. The van der Waals surface area contributed by atoms with Crippen LogP contribution in [-0.4, -0.2) is 6.67 Å². The summed E-state index contributed by atoms with van der Waals surface area (Å²) < 4.78 is 18.5. The molecule has 0 saturated heterocycles. The minimum atomic E-state index is -0.560. The van der Waals surface area contributed by atoms with Gasteiger partial charge in [0.25, 0.3) is 0 Å². The van der Waals surface area contributed by atoms with Gasteiger partial charge in [-0.2, -0.15) is 0 Å². The molecule has 2 aromatic carbocycles. The lowest BCUT2D eigenvalue weighted by Gasteiger charge is -2.16. The topological polar surface area (TPSA) is 35.2 Å². The summed E-state index contributed by atoms with van der Waals surface area (Å²) in [5.74, 6) is 0.851. The SMILES string of the molecule is Cc1cc([C@@H](N)CF)cc(C)c1OCc1ccccc1.Cl. The zero-order valence-corrected chi connectivity index (χ0v) is 13.1. The Morgan fingerprint density at radius 2 is 1.67 bits per heavy atom. The van der Waals surface area contributed by atoms with E-state index < -0.39 is 12.7 Å². The second-order valence-corrected chi connectivity index (χ2v) is 5.02. The van der Waals surface area contributed by atoms with Gasteiger partial charge >= 0.3 is 0 Å². The predicted octanol–water partition coefficient (Wildman–Crippen LogP) is 4.27. The van der Waals surface area contributed by atoms with Crippen LogP contribution in [-0.2, 0) is 6.61 Å². The van der Waals surface area contributed by atoms with Gasteiger partial charge in [0.2, 0.25) is 0 Å². The van der Waals surface area contributed by atoms with Crippen LogP contribution in [0.4, 0.5) is 4.39 Å². The third-order valence-electron chi connectivity index (χ3n) is 3.30. The molecule has 0 aromatic heterocycles. The lowest BCUT2D eigenvalue weighted by molar-refractivity contribution is 0.301. The zero-order valence-electron chi connectivity index (χ0n) is 12.3. The van der Waals surface area contributed by atoms with Crippen LogP contribution >= 0.6 is 12.4 Å². The van der Waals surface area contributed by atoms with Crippen LogP contribution in [0.25, 0.3) is 0 Å². The molecule has 0 heterocycles. The van der Waals surface area contributed by atoms with Gasteiger partial charge in [0, 0.05) is 0 Å². The minimum absolute atomic E-state index is 0. The first-order chi connectivity index (χ1) is 9.61. The Bertz CT molecular complexity index is 551. The first-order valence-corrected chi connectivity index (χ1v) is 6.71. The standard InChI is InChI=1S/C17H20FNO.ClH/c1-12-8-15(16(19)10-18)9-13(2)17(12)20-11-14-6-4-3-5-7-14;/h3-9,16H,10-11,19H2,1-2H3;1H/t16-;/m0./s1. The predicted molar refractivity (Wildman–Crippen MR) is 86.8 cm³/mol. The average molecular weight is 310 g/mol. The highest BCUT2D eigenvalue weighted by atomic mass is 35.5. The molecular formula is C17H21ClFNO. The Hall–Kier alpha value is -1.58. The number of hydrogen-bond acceptors (Lipinski definition) is 2. The lowest BCUT2D eigenvalue weighted by atomic mass is 10.0. The van der Waals surface area contributed by atoms with E-state index in [0.29, 0.717) is 6.61 Å². The van der Waals surface area contributed by atoms with Crippen molar-refractivity contribution in [1.29, 1.82) is 0 Å². The van der Waals surface area contributed by atoms with Crippen LogP contribution in [0.15, 0.2) is 42.5 Å². The molecule has 1 atom stereocenters. The summed E-state index contributed by atoms with van der Waals surface area (Å²) in [5, 5.41) is 0. The first-order valence-electron chi connectivity index (χ1n) is 6.71. The van der Waals surface area contributed by atoms with E-state index in [1.165, 1.54) is 0 Å². The monoisotopic (exact) mass is 309 g/mol. The van der Waals surface area contributed by atoms with Gasteiger partial charge in [-0.15, -0.1) is 12.4 Å². The van der Waals surface area contributed by atoms with Gasteiger partial charge in [0.05, 0.1) is 6.04 Å². The highest BCUT2D eigenvalue weighted by Crippen LogP contribution is 2.27. The molecule has 0 spiro atoms. The molecule has 0 saturated carbocycles.